The molecule has 0 saturated carbocycles. The number of alkyl halides is 3. The van der Waals surface area contributed by atoms with Crippen LogP contribution in [0.1, 0.15) is 5.56 Å². The molecular formula is C6H2ClF4NO2S. The molecule has 84 valence electrons. The van der Waals surface area contributed by atoms with Crippen molar-refractivity contribution in [3.05, 3.63) is 23.0 Å². The van der Waals surface area contributed by atoms with Gasteiger partial charge < -0.3 is 0 Å². The summed E-state index contributed by atoms with van der Waals surface area (Å²) < 4.78 is 69.4. The topological polar surface area (TPSA) is 47.0 Å². The highest BCUT2D eigenvalue weighted by Crippen LogP contribution is 2.32. The molecule has 0 atom stereocenters. The third-order valence-electron chi connectivity index (χ3n) is 1.40. The van der Waals surface area contributed by atoms with Crippen LogP contribution < -0.4 is 0 Å². The summed E-state index contributed by atoms with van der Waals surface area (Å²) in [4.78, 5) is 1.65. The van der Waals surface area contributed by atoms with E-state index in [4.69, 9.17) is 11.6 Å². The molecule has 0 saturated heterocycles. The molecule has 0 unspecified atom stereocenters. The van der Waals surface area contributed by atoms with Gasteiger partial charge in [0.25, 0.3) is 0 Å². The van der Waals surface area contributed by atoms with E-state index in [0.29, 0.717) is 6.20 Å². The maximum Gasteiger partial charge on any atom is 0.417 e. The van der Waals surface area contributed by atoms with Crippen LogP contribution >= 0.6 is 11.6 Å². The van der Waals surface area contributed by atoms with E-state index >= 15 is 0 Å². The average Bonchev–Trinajstić information content (AvgIpc) is 2.00. The van der Waals surface area contributed by atoms with Gasteiger partial charge in [-0.1, -0.05) is 11.6 Å². The molecule has 0 fully saturated rings. The van der Waals surface area contributed by atoms with Crippen LogP contribution in [0.3, 0.4) is 0 Å². The summed E-state index contributed by atoms with van der Waals surface area (Å²) in [6, 6.07) is 0.0880. The molecule has 1 aromatic heterocycles. The Morgan fingerprint density at radius 1 is 1.33 bits per heavy atom. The van der Waals surface area contributed by atoms with E-state index in [1.165, 1.54) is 0 Å². The molecule has 0 aliphatic carbocycles. The van der Waals surface area contributed by atoms with Gasteiger partial charge in [0.1, 0.15) is 10.0 Å². The van der Waals surface area contributed by atoms with Crippen molar-refractivity contribution >= 4 is 21.8 Å². The fourth-order valence-corrected chi connectivity index (χ4v) is 1.66. The van der Waals surface area contributed by atoms with Crippen LogP contribution in [-0.4, -0.2) is 13.4 Å². The van der Waals surface area contributed by atoms with Gasteiger partial charge in [-0.2, -0.15) is 21.6 Å². The monoisotopic (exact) mass is 263 g/mol. The van der Waals surface area contributed by atoms with Crippen LogP contribution in [0.15, 0.2) is 17.2 Å². The number of hydrogen-bond acceptors (Lipinski definition) is 3. The Hall–Kier alpha value is -0.890. The zero-order valence-corrected chi connectivity index (χ0v) is 8.29. The summed E-state index contributed by atoms with van der Waals surface area (Å²) in [6.07, 6.45) is -4.49. The zero-order valence-electron chi connectivity index (χ0n) is 6.72. The van der Waals surface area contributed by atoms with Crippen LogP contribution in [-0.2, 0) is 16.4 Å². The van der Waals surface area contributed by atoms with Crippen molar-refractivity contribution in [1.29, 1.82) is 0 Å². The second-order valence-electron chi connectivity index (χ2n) is 2.45. The van der Waals surface area contributed by atoms with Crippen molar-refractivity contribution in [3.8, 4) is 0 Å². The van der Waals surface area contributed by atoms with Gasteiger partial charge in [0.05, 0.1) is 5.56 Å². The third-order valence-corrected chi connectivity index (χ3v) is 2.65. The standard InChI is InChI=1S/C6H2ClF4NO2S/c7-5-4(15(11,13)14)1-3(2-12-5)6(8,9)10/h1-2H. The highest BCUT2D eigenvalue weighted by Gasteiger charge is 2.33. The lowest BCUT2D eigenvalue weighted by Gasteiger charge is -2.07. The molecule has 0 aromatic carbocycles. The highest BCUT2D eigenvalue weighted by atomic mass is 35.5. The smallest absolute Gasteiger partial charge is 0.242 e. The SMILES string of the molecule is O=S(=O)(F)c1cc(C(F)(F)F)cnc1Cl. The summed E-state index contributed by atoms with van der Waals surface area (Å²) in [7, 11) is -5.31. The Bertz CT molecular complexity index is 484. The van der Waals surface area contributed by atoms with Crippen LogP contribution in [0.5, 0.6) is 0 Å². The Kier molecular flexibility index (Phi) is 2.92. The summed E-state index contributed by atoms with van der Waals surface area (Å²) in [6.45, 7) is 0. The lowest BCUT2D eigenvalue weighted by molar-refractivity contribution is -0.138. The highest BCUT2D eigenvalue weighted by molar-refractivity contribution is 7.86. The number of hydrogen-bond donors (Lipinski definition) is 0. The first-order valence-electron chi connectivity index (χ1n) is 3.30. The van der Waals surface area contributed by atoms with Crippen molar-refractivity contribution in [2.24, 2.45) is 0 Å². The van der Waals surface area contributed by atoms with Gasteiger partial charge in [0, 0.05) is 6.20 Å². The first-order valence-corrected chi connectivity index (χ1v) is 5.06. The normalized spacial score (nSPS) is 12.9. The lowest BCUT2D eigenvalue weighted by atomic mass is 10.3. The van der Waals surface area contributed by atoms with Crippen molar-refractivity contribution < 1.29 is 25.5 Å². The van der Waals surface area contributed by atoms with Crippen LogP contribution in [0.25, 0.3) is 0 Å². The quantitative estimate of drug-likeness (QED) is 0.444. The number of aromatic nitrogens is 1. The zero-order chi connectivity index (χ0) is 11.9. The number of rotatable bonds is 1. The second kappa shape index (κ2) is 3.60. The van der Waals surface area contributed by atoms with Gasteiger partial charge in [0.2, 0.25) is 0 Å². The minimum Gasteiger partial charge on any atom is -0.242 e. The predicted octanol–water partition coefficient (Wildman–Crippen LogP) is 2.41. The first kappa shape index (κ1) is 12.2. The second-order valence-corrected chi connectivity index (χ2v) is 4.12. The van der Waals surface area contributed by atoms with Crippen LogP contribution in [0, 0.1) is 0 Å². The molecule has 0 amide bonds. The number of halogens is 5. The Morgan fingerprint density at radius 3 is 2.27 bits per heavy atom. The Morgan fingerprint density at radius 2 is 1.87 bits per heavy atom. The van der Waals surface area contributed by atoms with Gasteiger partial charge in [-0.05, 0) is 6.07 Å². The van der Waals surface area contributed by atoms with Gasteiger partial charge in [-0.3, -0.25) is 0 Å². The van der Waals surface area contributed by atoms with E-state index in [9.17, 15) is 25.5 Å². The molecule has 9 heteroatoms. The Balaban J connectivity index is 3.43. The average molecular weight is 264 g/mol. The van der Waals surface area contributed by atoms with Gasteiger partial charge in [-0.15, -0.1) is 3.89 Å². The maximum absolute atomic E-state index is 12.4. The molecule has 1 rings (SSSR count). The van der Waals surface area contributed by atoms with E-state index < -0.39 is 32.0 Å². The van der Waals surface area contributed by atoms with E-state index in [1.807, 2.05) is 0 Å². The third kappa shape index (κ3) is 2.78. The van der Waals surface area contributed by atoms with Crippen LogP contribution in [0.4, 0.5) is 17.1 Å². The molecule has 0 bridgehead atoms. The van der Waals surface area contributed by atoms with Crippen LogP contribution in [0.2, 0.25) is 5.15 Å². The molecule has 15 heavy (non-hydrogen) atoms. The van der Waals surface area contributed by atoms with Crippen molar-refractivity contribution in [2.45, 2.75) is 11.1 Å². The van der Waals surface area contributed by atoms with Crippen molar-refractivity contribution in [2.75, 3.05) is 0 Å². The predicted molar refractivity (Wildman–Crippen MR) is 42.5 cm³/mol. The molecule has 0 spiro atoms. The number of nitrogens with zero attached hydrogens (tertiary/aromatic N) is 1. The number of pyridine rings is 1. The summed E-state index contributed by atoms with van der Waals surface area (Å²) in [5.41, 5.74) is -1.39. The first-order chi connectivity index (χ1) is 6.62. The summed E-state index contributed by atoms with van der Waals surface area (Å²) >= 11 is 5.13. The van der Waals surface area contributed by atoms with E-state index in [2.05, 4.69) is 4.98 Å². The molecule has 0 aliphatic rings. The molecule has 0 aliphatic heterocycles. The molecule has 3 nitrogen and oxygen atoms in total. The Labute approximate surface area is 86.9 Å². The van der Waals surface area contributed by atoms with Crippen molar-refractivity contribution in [1.82, 2.24) is 4.98 Å². The molecule has 0 N–H and O–H groups in total. The molecule has 1 aromatic rings. The van der Waals surface area contributed by atoms with Crippen molar-refractivity contribution in [3.63, 3.8) is 0 Å². The van der Waals surface area contributed by atoms with E-state index in [0.717, 1.165) is 0 Å². The van der Waals surface area contributed by atoms with Gasteiger partial charge >= 0.3 is 16.4 Å². The minimum absolute atomic E-state index is 0.0880. The molecule has 1 heterocycles. The summed E-state index contributed by atoms with van der Waals surface area (Å²) in [5.74, 6) is 0. The fourth-order valence-electron chi connectivity index (χ4n) is 0.754. The summed E-state index contributed by atoms with van der Waals surface area (Å²) in [5, 5.41) is -0.842. The van der Waals surface area contributed by atoms with Gasteiger partial charge in [0.15, 0.2) is 0 Å². The molecular weight excluding hydrogens is 262 g/mol. The van der Waals surface area contributed by atoms with E-state index in [1.54, 1.807) is 0 Å². The fraction of sp³-hybridized carbons (Fsp3) is 0.167. The minimum atomic E-state index is -5.31. The van der Waals surface area contributed by atoms with E-state index in [-0.39, 0.29) is 6.07 Å². The molecule has 0 radical (unpaired) electrons. The van der Waals surface area contributed by atoms with Gasteiger partial charge in [-0.25, -0.2) is 4.98 Å². The largest absolute Gasteiger partial charge is 0.417 e. The maximum atomic E-state index is 12.4. The lowest BCUT2D eigenvalue weighted by Crippen LogP contribution is -2.07.